The van der Waals surface area contributed by atoms with Crippen LogP contribution in [0.25, 0.3) is 0 Å². The maximum Gasteiger partial charge on any atom is -0.000136 e. The topological polar surface area (TPSA) is 0 Å². The highest BCUT2D eigenvalue weighted by atomic mass is 31.1. The van der Waals surface area contributed by atoms with E-state index >= 15 is 0 Å². The summed E-state index contributed by atoms with van der Waals surface area (Å²) in [6.07, 6.45) is 11.7. The third-order valence-corrected chi connectivity index (χ3v) is 3.34. The normalized spacial score (nSPS) is 37.6. The van der Waals surface area contributed by atoms with Gasteiger partial charge in [-0.3, -0.25) is 0 Å². The van der Waals surface area contributed by atoms with Crippen LogP contribution in [0.4, 0.5) is 0 Å². The lowest BCUT2D eigenvalue weighted by Gasteiger charge is -2.17. The molecule has 2 bridgehead atoms. The quantitative estimate of drug-likeness (QED) is 0.465. The first kappa shape index (κ1) is 6.37. The van der Waals surface area contributed by atoms with Gasteiger partial charge in [-0.15, -0.1) is 8.20 Å². The Bertz CT molecular complexity index is 201. The average Bonchev–Trinajstić information content (AvgIpc) is 2.12. The van der Waals surface area contributed by atoms with E-state index in [9.17, 15) is 0 Å². The molecule has 2 rings (SSSR count). The molecule has 0 radical (unpaired) electrons. The summed E-state index contributed by atoms with van der Waals surface area (Å²) in [5.74, 6) is 4.03. The molecule has 0 nitrogen and oxygen atoms in total. The van der Waals surface area contributed by atoms with Gasteiger partial charge in [-0.2, -0.15) is 0 Å². The second kappa shape index (κ2) is 2.72. The van der Waals surface area contributed by atoms with Crippen molar-refractivity contribution in [3.05, 3.63) is 24.3 Å². The van der Waals surface area contributed by atoms with E-state index in [1.165, 1.54) is 20.8 Å². The molecular formula is C9H11P. The van der Waals surface area contributed by atoms with Crippen molar-refractivity contribution < 1.29 is 0 Å². The Morgan fingerprint density at radius 2 is 2.10 bits per heavy atom. The molecule has 1 heteroatoms. The molecule has 0 N–H and O–H groups in total. The molecule has 1 aliphatic carbocycles. The molecule has 0 spiro atoms. The molecule has 0 saturated carbocycles. The predicted octanol–water partition coefficient (Wildman–Crippen LogP) is 2.50. The van der Waals surface area contributed by atoms with Crippen molar-refractivity contribution in [1.29, 1.82) is 0 Å². The Labute approximate surface area is 63.4 Å². The summed E-state index contributed by atoms with van der Waals surface area (Å²) in [5, 5.41) is 0. The summed E-state index contributed by atoms with van der Waals surface area (Å²) in [6.45, 7) is 0. The number of hydrogen-bond acceptors (Lipinski definition) is 0. The SMILES string of the molecule is C1=CC2CP=C[C@@H](C=C1)C2. The lowest BCUT2D eigenvalue weighted by Crippen LogP contribution is -2.10. The van der Waals surface area contributed by atoms with Crippen molar-refractivity contribution >= 4 is 14.0 Å². The molecule has 10 heavy (non-hydrogen) atoms. The van der Waals surface area contributed by atoms with Crippen LogP contribution in [0, 0.1) is 11.8 Å². The van der Waals surface area contributed by atoms with Crippen molar-refractivity contribution in [2.75, 3.05) is 6.16 Å². The maximum absolute atomic E-state index is 2.42. The summed E-state index contributed by atoms with van der Waals surface area (Å²) >= 11 is 0. The van der Waals surface area contributed by atoms with Gasteiger partial charge in [0.15, 0.2) is 0 Å². The van der Waals surface area contributed by atoms with E-state index in [0.717, 1.165) is 11.8 Å². The monoisotopic (exact) mass is 150 g/mol. The lowest BCUT2D eigenvalue weighted by atomic mass is 9.98. The summed E-state index contributed by atoms with van der Waals surface area (Å²) in [4.78, 5) is 0. The van der Waals surface area contributed by atoms with Crippen molar-refractivity contribution in [2.45, 2.75) is 6.42 Å². The Kier molecular flexibility index (Phi) is 1.73. The molecule has 0 aromatic rings. The van der Waals surface area contributed by atoms with Gasteiger partial charge in [0, 0.05) is 0 Å². The smallest absolute Gasteiger partial charge is 0.000136 e. The second-order valence-electron chi connectivity index (χ2n) is 2.94. The number of rotatable bonds is 0. The standard InChI is InChI=1S/C9H11P/c1-2-4-9-5-8(3-1)6-10-7-9/h1-4,6,8-9H,5,7H2/t8-,9?/m0/s1. The Hall–Kier alpha value is -0.350. The lowest BCUT2D eigenvalue weighted by molar-refractivity contribution is 0.615. The second-order valence-corrected chi connectivity index (χ2v) is 3.97. The van der Waals surface area contributed by atoms with Crippen LogP contribution >= 0.6 is 8.20 Å². The molecule has 52 valence electrons. The van der Waals surface area contributed by atoms with Gasteiger partial charge in [-0.05, 0) is 24.4 Å². The van der Waals surface area contributed by atoms with E-state index in [2.05, 4.69) is 30.1 Å². The molecule has 1 heterocycles. The minimum absolute atomic E-state index is 0.760. The first-order valence-corrected chi connectivity index (χ1v) is 4.95. The molecule has 2 aliphatic rings. The van der Waals surface area contributed by atoms with E-state index in [-0.39, 0.29) is 0 Å². The summed E-state index contributed by atoms with van der Waals surface area (Å²) < 4.78 is 0. The van der Waals surface area contributed by atoms with Gasteiger partial charge in [-0.25, -0.2) is 0 Å². The van der Waals surface area contributed by atoms with Gasteiger partial charge in [0.25, 0.3) is 0 Å². The molecule has 0 amide bonds. The van der Waals surface area contributed by atoms with Crippen molar-refractivity contribution in [2.24, 2.45) is 11.8 Å². The zero-order valence-corrected chi connectivity index (χ0v) is 6.80. The Morgan fingerprint density at radius 3 is 3.10 bits per heavy atom. The number of fused-ring (bicyclic) bond motifs is 2. The summed E-state index contributed by atoms with van der Waals surface area (Å²) in [7, 11) is 1.53. The molecule has 0 aromatic heterocycles. The third-order valence-electron chi connectivity index (χ3n) is 2.06. The van der Waals surface area contributed by atoms with E-state index in [0.29, 0.717) is 0 Å². The fourth-order valence-corrected chi connectivity index (χ4v) is 2.67. The Balaban J connectivity index is 2.25. The van der Waals surface area contributed by atoms with Crippen molar-refractivity contribution in [1.82, 2.24) is 0 Å². The highest BCUT2D eigenvalue weighted by Gasteiger charge is 2.14. The van der Waals surface area contributed by atoms with Crippen LogP contribution in [0.15, 0.2) is 24.3 Å². The number of allylic oxidation sites excluding steroid dienone is 4. The van der Waals surface area contributed by atoms with E-state index < -0.39 is 0 Å². The zero-order valence-electron chi connectivity index (χ0n) is 5.90. The van der Waals surface area contributed by atoms with Gasteiger partial charge in [0.2, 0.25) is 0 Å². The van der Waals surface area contributed by atoms with Gasteiger partial charge >= 0.3 is 0 Å². The summed E-state index contributed by atoms with van der Waals surface area (Å²) in [5.41, 5.74) is 0. The van der Waals surface area contributed by atoms with Crippen LogP contribution < -0.4 is 0 Å². The molecule has 0 aromatic carbocycles. The highest BCUT2D eigenvalue weighted by molar-refractivity contribution is 7.38. The van der Waals surface area contributed by atoms with Crippen molar-refractivity contribution in [3.8, 4) is 0 Å². The molecule has 0 fully saturated rings. The first-order valence-electron chi connectivity index (χ1n) is 3.80. The van der Waals surface area contributed by atoms with Gasteiger partial charge in [0.1, 0.15) is 0 Å². The van der Waals surface area contributed by atoms with E-state index in [4.69, 9.17) is 0 Å². The fourth-order valence-electron chi connectivity index (χ4n) is 1.51. The first-order chi connectivity index (χ1) is 4.95. The van der Waals surface area contributed by atoms with Crippen LogP contribution in [0.1, 0.15) is 6.42 Å². The van der Waals surface area contributed by atoms with Crippen LogP contribution in [0.2, 0.25) is 0 Å². The van der Waals surface area contributed by atoms with Gasteiger partial charge in [0.05, 0.1) is 0 Å². The predicted molar refractivity (Wildman–Crippen MR) is 47.7 cm³/mol. The van der Waals surface area contributed by atoms with E-state index in [1.54, 1.807) is 0 Å². The Morgan fingerprint density at radius 1 is 1.20 bits per heavy atom. The molecule has 0 saturated heterocycles. The van der Waals surface area contributed by atoms with E-state index in [1.807, 2.05) is 0 Å². The minimum atomic E-state index is 0.760. The fraction of sp³-hybridized carbons (Fsp3) is 0.444. The van der Waals surface area contributed by atoms with Crippen LogP contribution in [0.3, 0.4) is 0 Å². The largest absolute Gasteiger partial charge is 0.108 e. The zero-order chi connectivity index (χ0) is 6.81. The van der Waals surface area contributed by atoms with Crippen LogP contribution in [-0.4, -0.2) is 12.0 Å². The maximum atomic E-state index is 2.42. The molecule has 2 atom stereocenters. The minimum Gasteiger partial charge on any atom is -0.108 e. The third kappa shape index (κ3) is 1.22. The van der Waals surface area contributed by atoms with Gasteiger partial charge in [-0.1, -0.05) is 30.1 Å². The highest BCUT2D eigenvalue weighted by Crippen LogP contribution is 2.26. The molecular weight excluding hydrogens is 139 g/mol. The van der Waals surface area contributed by atoms with Crippen LogP contribution in [0.5, 0.6) is 0 Å². The molecule has 1 aliphatic heterocycles. The van der Waals surface area contributed by atoms with Gasteiger partial charge < -0.3 is 0 Å². The van der Waals surface area contributed by atoms with Crippen LogP contribution in [-0.2, 0) is 0 Å². The van der Waals surface area contributed by atoms with Crippen molar-refractivity contribution in [3.63, 3.8) is 0 Å². The molecule has 1 unspecified atom stereocenters. The average molecular weight is 150 g/mol. The number of hydrogen-bond donors (Lipinski definition) is 0. The summed E-state index contributed by atoms with van der Waals surface area (Å²) in [6, 6.07) is 0.